The third-order valence-corrected chi connectivity index (χ3v) is 5.69. The van der Waals surface area contributed by atoms with Crippen molar-refractivity contribution in [1.82, 2.24) is 4.31 Å². The molecule has 10 heteroatoms. The largest absolute Gasteiger partial charge is 0.459 e. The SMILES string of the molecule is CC[C@@H](C)N(CC(=O)OC(C)(C)C)S(=O)(=O)c1c(F)cc(NC(C)=O)cc1F. The summed E-state index contributed by atoms with van der Waals surface area (Å²) in [6.45, 7) is 8.50. The van der Waals surface area contributed by atoms with Gasteiger partial charge in [-0.1, -0.05) is 6.92 Å². The molecule has 1 amide bonds. The molecule has 0 heterocycles. The van der Waals surface area contributed by atoms with Gasteiger partial charge in [-0.05, 0) is 46.2 Å². The number of benzene rings is 1. The van der Waals surface area contributed by atoms with Crippen LogP contribution in [-0.2, 0) is 24.3 Å². The first kappa shape index (κ1) is 24.0. The molecule has 0 radical (unpaired) electrons. The van der Waals surface area contributed by atoms with Gasteiger partial charge in [-0.3, -0.25) is 9.59 Å². The maximum absolute atomic E-state index is 14.5. The third kappa shape index (κ3) is 6.23. The summed E-state index contributed by atoms with van der Waals surface area (Å²) >= 11 is 0. The molecule has 158 valence electrons. The first-order chi connectivity index (χ1) is 12.7. The van der Waals surface area contributed by atoms with Crippen LogP contribution in [-0.4, -0.2) is 42.8 Å². The number of ether oxygens (including phenoxy) is 1. The molecule has 28 heavy (non-hydrogen) atoms. The highest BCUT2D eigenvalue weighted by Crippen LogP contribution is 2.28. The van der Waals surface area contributed by atoms with E-state index in [1.165, 1.54) is 6.92 Å². The van der Waals surface area contributed by atoms with E-state index < -0.39 is 56.6 Å². The molecule has 0 aliphatic carbocycles. The number of amides is 1. The summed E-state index contributed by atoms with van der Waals surface area (Å²) in [6.07, 6.45) is 0.301. The monoisotopic (exact) mass is 420 g/mol. The van der Waals surface area contributed by atoms with Crippen molar-refractivity contribution < 1.29 is 31.5 Å². The van der Waals surface area contributed by atoms with Crippen LogP contribution in [0.15, 0.2) is 17.0 Å². The number of rotatable bonds is 7. The number of hydrogen-bond donors (Lipinski definition) is 1. The minimum absolute atomic E-state index is 0.219. The summed E-state index contributed by atoms with van der Waals surface area (Å²) in [6, 6.07) is 0.700. The van der Waals surface area contributed by atoms with Crippen molar-refractivity contribution in [3.8, 4) is 0 Å². The Bertz CT molecular complexity index is 827. The second kappa shape index (κ2) is 8.95. The Kier molecular flexibility index (Phi) is 7.66. The summed E-state index contributed by atoms with van der Waals surface area (Å²) in [5.41, 5.74) is -1.07. The summed E-state index contributed by atoms with van der Waals surface area (Å²) < 4.78 is 60.7. The lowest BCUT2D eigenvalue weighted by molar-refractivity contribution is -0.155. The Morgan fingerprint density at radius 1 is 1.21 bits per heavy atom. The van der Waals surface area contributed by atoms with Crippen LogP contribution in [0.3, 0.4) is 0 Å². The van der Waals surface area contributed by atoms with Gasteiger partial charge in [-0.2, -0.15) is 4.31 Å². The van der Waals surface area contributed by atoms with Crippen LogP contribution < -0.4 is 5.32 Å². The van der Waals surface area contributed by atoms with Crippen LogP contribution >= 0.6 is 0 Å². The van der Waals surface area contributed by atoms with E-state index in [0.717, 1.165) is 6.92 Å². The fourth-order valence-corrected chi connectivity index (χ4v) is 4.12. The van der Waals surface area contributed by atoms with Gasteiger partial charge in [0.25, 0.3) is 0 Å². The molecule has 0 fully saturated rings. The zero-order valence-electron chi connectivity index (χ0n) is 16.8. The smallest absolute Gasteiger partial charge is 0.321 e. The van der Waals surface area contributed by atoms with Crippen LogP contribution in [0.1, 0.15) is 48.0 Å². The van der Waals surface area contributed by atoms with Crippen LogP contribution in [0.25, 0.3) is 0 Å². The quantitative estimate of drug-likeness (QED) is 0.685. The van der Waals surface area contributed by atoms with Gasteiger partial charge in [0.15, 0.2) is 4.90 Å². The molecule has 0 aromatic heterocycles. The van der Waals surface area contributed by atoms with Crippen molar-refractivity contribution in [2.45, 2.75) is 64.5 Å². The van der Waals surface area contributed by atoms with Gasteiger partial charge in [0.05, 0.1) is 0 Å². The topological polar surface area (TPSA) is 92.8 Å². The Balaban J connectivity index is 3.37. The van der Waals surface area contributed by atoms with Gasteiger partial charge >= 0.3 is 5.97 Å². The number of nitrogens with zero attached hydrogens (tertiary/aromatic N) is 1. The zero-order valence-corrected chi connectivity index (χ0v) is 17.6. The van der Waals surface area contributed by atoms with E-state index in [1.54, 1.807) is 27.7 Å². The first-order valence-corrected chi connectivity index (χ1v) is 10.1. The molecule has 0 unspecified atom stereocenters. The number of carbonyl (C=O) groups is 2. The highest BCUT2D eigenvalue weighted by molar-refractivity contribution is 7.89. The van der Waals surface area contributed by atoms with Crippen LogP contribution in [0.4, 0.5) is 14.5 Å². The molecule has 0 bridgehead atoms. The number of nitrogens with one attached hydrogen (secondary N) is 1. The lowest BCUT2D eigenvalue weighted by Gasteiger charge is -2.29. The molecule has 1 aromatic carbocycles. The predicted octanol–water partition coefficient (Wildman–Crippen LogP) is 3.05. The number of esters is 1. The number of hydrogen-bond acceptors (Lipinski definition) is 5. The average Bonchev–Trinajstić information content (AvgIpc) is 2.48. The van der Waals surface area contributed by atoms with Gasteiger partial charge < -0.3 is 10.1 Å². The second-order valence-corrected chi connectivity index (χ2v) is 9.17. The van der Waals surface area contributed by atoms with Crippen molar-refractivity contribution in [1.29, 1.82) is 0 Å². The average molecular weight is 420 g/mol. The van der Waals surface area contributed by atoms with Crippen LogP contribution in [0.5, 0.6) is 0 Å². The van der Waals surface area contributed by atoms with E-state index in [1.807, 2.05) is 0 Å². The molecule has 0 aliphatic rings. The van der Waals surface area contributed by atoms with Gasteiger partial charge in [0.1, 0.15) is 23.8 Å². The van der Waals surface area contributed by atoms with Crippen LogP contribution in [0.2, 0.25) is 0 Å². The van der Waals surface area contributed by atoms with E-state index in [-0.39, 0.29) is 5.69 Å². The molecule has 0 spiro atoms. The number of anilines is 1. The van der Waals surface area contributed by atoms with Gasteiger partial charge in [-0.15, -0.1) is 0 Å². The molecule has 1 rings (SSSR count). The lowest BCUT2D eigenvalue weighted by atomic mass is 10.2. The fourth-order valence-electron chi connectivity index (χ4n) is 2.38. The van der Waals surface area contributed by atoms with Crippen molar-refractivity contribution in [3.63, 3.8) is 0 Å². The second-order valence-electron chi connectivity index (χ2n) is 7.34. The van der Waals surface area contributed by atoms with Crippen molar-refractivity contribution in [2.75, 3.05) is 11.9 Å². The van der Waals surface area contributed by atoms with E-state index in [0.29, 0.717) is 22.9 Å². The third-order valence-electron chi connectivity index (χ3n) is 3.67. The van der Waals surface area contributed by atoms with E-state index in [4.69, 9.17) is 4.74 Å². The predicted molar refractivity (Wildman–Crippen MR) is 100 cm³/mol. The molecule has 0 aliphatic heterocycles. The Labute approximate surface area is 164 Å². The fraction of sp³-hybridized carbons (Fsp3) is 0.556. The van der Waals surface area contributed by atoms with Crippen molar-refractivity contribution >= 4 is 27.6 Å². The van der Waals surface area contributed by atoms with Gasteiger partial charge in [0, 0.05) is 18.7 Å². The number of sulfonamides is 1. The van der Waals surface area contributed by atoms with Gasteiger partial charge in [0.2, 0.25) is 15.9 Å². The standard InChI is InChI=1S/C18H26F2N2O5S/c1-7-11(2)22(10-16(24)27-18(4,5)6)28(25,26)17-14(19)8-13(9-15(17)20)21-12(3)23/h8-9,11H,7,10H2,1-6H3,(H,21,23)/t11-/m1/s1. The maximum Gasteiger partial charge on any atom is 0.321 e. The Morgan fingerprint density at radius 2 is 1.71 bits per heavy atom. The molecule has 1 atom stereocenters. The number of carbonyl (C=O) groups excluding carboxylic acids is 2. The maximum atomic E-state index is 14.5. The van der Waals surface area contributed by atoms with E-state index >= 15 is 0 Å². The normalized spacial score (nSPS) is 13.3. The zero-order chi connectivity index (χ0) is 21.9. The summed E-state index contributed by atoms with van der Waals surface area (Å²) in [4.78, 5) is 22.0. The first-order valence-electron chi connectivity index (χ1n) is 8.69. The van der Waals surface area contributed by atoms with Crippen molar-refractivity contribution in [3.05, 3.63) is 23.8 Å². The Hall–Kier alpha value is -2.07. The highest BCUT2D eigenvalue weighted by atomic mass is 32.2. The summed E-state index contributed by atoms with van der Waals surface area (Å²) in [5, 5.41) is 2.18. The van der Waals surface area contributed by atoms with Crippen LogP contribution in [0, 0.1) is 11.6 Å². The molecular weight excluding hydrogens is 394 g/mol. The molecular formula is C18H26F2N2O5S. The summed E-state index contributed by atoms with van der Waals surface area (Å²) in [7, 11) is -4.70. The molecule has 0 saturated carbocycles. The minimum Gasteiger partial charge on any atom is -0.459 e. The minimum atomic E-state index is -4.70. The Morgan fingerprint density at radius 3 is 2.11 bits per heavy atom. The molecule has 7 nitrogen and oxygen atoms in total. The molecule has 1 N–H and O–H groups in total. The number of halogens is 2. The molecule has 1 aromatic rings. The molecule has 0 saturated heterocycles. The van der Waals surface area contributed by atoms with Crippen molar-refractivity contribution in [2.24, 2.45) is 0 Å². The van der Waals surface area contributed by atoms with E-state index in [2.05, 4.69) is 5.32 Å². The lowest BCUT2D eigenvalue weighted by Crippen LogP contribution is -2.44. The van der Waals surface area contributed by atoms with Gasteiger partial charge in [-0.25, -0.2) is 17.2 Å². The highest BCUT2D eigenvalue weighted by Gasteiger charge is 2.36. The van der Waals surface area contributed by atoms with E-state index in [9.17, 15) is 26.8 Å². The summed E-state index contributed by atoms with van der Waals surface area (Å²) in [5.74, 6) is -4.16.